The van der Waals surface area contributed by atoms with E-state index in [2.05, 4.69) is 37.0 Å². The molecule has 0 fully saturated rings. The highest BCUT2D eigenvalue weighted by molar-refractivity contribution is 7.98. The second kappa shape index (κ2) is 5.23. The molecule has 2 aromatic rings. The summed E-state index contributed by atoms with van der Waals surface area (Å²) < 4.78 is 0. The second-order valence-corrected chi connectivity index (χ2v) is 5.12. The van der Waals surface area contributed by atoms with Crippen LogP contribution in [-0.2, 0) is 5.75 Å². The van der Waals surface area contributed by atoms with E-state index in [1.165, 1.54) is 16.0 Å². The van der Waals surface area contributed by atoms with Crippen molar-refractivity contribution in [3.8, 4) is 0 Å². The summed E-state index contributed by atoms with van der Waals surface area (Å²) in [5, 5.41) is 0. The lowest BCUT2D eigenvalue weighted by Gasteiger charge is -2.07. The van der Waals surface area contributed by atoms with E-state index in [1.807, 2.05) is 12.1 Å². The Kier molecular flexibility index (Phi) is 3.69. The number of thioether (sulfide) groups is 1. The Balaban J connectivity index is 2.10. The molecule has 0 atom stereocenters. The maximum atomic E-state index is 5.82. The molecule has 0 amide bonds. The van der Waals surface area contributed by atoms with Crippen molar-refractivity contribution in [1.29, 1.82) is 0 Å². The normalized spacial score (nSPS) is 10.5. The lowest BCUT2D eigenvalue weighted by molar-refractivity contribution is 1.24. The zero-order valence-electron chi connectivity index (χ0n) is 10.1. The van der Waals surface area contributed by atoms with E-state index in [1.54, 1.807) is 18.0 Å². The number of aryl methyl sites for hydroxylation is 2. The number of anilines is 1. The van der Waals surface area contributed by atoms with Gasteiger partial charge in [0.1, 0.15) is 5.82 Å². The van der Waals surface area contributed by atoms with Gasteiger partial charge in [-0.15, -0.1) is 11.8 Å². The highest BCUT2D eigenvalue weighted by Gasteiger charge is 2.03. The van der Waals surface area contributed by atoms with Crippen molar-refractivity contribution in [1.82, 2.24) is 4.98 Å². The van der Waals surface area contributed by atoms with Gasteiger partial charge in [0, 0.05) is 22.4 Å². The van der Waals surface area contributed by atoms with Gasteiger partial charge < -0.3 is 5.73 Å². The van der Waals surface area contributed by atoms with Crippen LogP contribution in [0.3, 0.4) is 0 Å². The second-order valence-electron chi connectivity index (χ2n) is 4.11. The van der Waals surface area contributed by atoms with Gasteiger partial charge in [0.25, 0.3) is 0 Å². The van der Waals surface area contributed by atoms with Crippen LogP contribution in [0.2, 0.25) is 0 Å². The highest BCUT2D eigenvalue weighted by Crippen LogP contribution is 2.27. The summed E-state index contributed by atoms with van der Waals surface area (Å²) in [6, 6.07) is 10.5. The Morgan fingerprint density at radius 3 is 2.76 bits per heavy atom. The topological polar surface area (TPSA) is 38.9 Å². The Morgan fingerprint density at radius 1 is 1.24 bits per heavy atom. The van der Waals surface area contributed by atoms with Gasteiger partial charge in [-0.25, -0.2) is 4.98 Å². The molecule has 2 nitrogen and oxygen atoms in total. The number of pyridine rings is 1. The zero-order chi connectivity index (χ0) is 12.3. The smallest absolute Gasteiger partial charge is 0.127 e. The van der Waals surface area contributed by atoms with Crippen molar-refractivity contribution >= 4 is 17.6 Å². The minimum absolute atomic E-state index is 0.629. The van der Waals surface area contributed by atoms with Crippen LogP contribution in [-0.4, -0.2) is 4.98 Å². The molecular weight excluding hydrogens is 228 g/mol. The third kappa shape index (κ3) is 3.01. The average molecular weight is 244 g/mol. The first-order valence-corrected chi connectivity index (χ1v) is 6.55. The van der Waals surface area contributed by atoms with E-state index in [0.29, 0.717) is 5.82 Å². The van der Waals surface area contributed by atoms with E-state index in [9.17, 15) is 0 Å². The first kappa shape index (κ1) is 12.0. The van der Waals surface area contributed by atoms with Crippen molar-refractivity contribution < 1.29 is 0 Å². The quantitative estimate of drug-likeness (QED) is 0.839. The van der Waals surface area contributed by atoms with Gasteiger partial charge in [-0.1, -0.05) is 23.8 Å². The Hall–Kier alpha value is -1.48. The Labute approximate surface area is 106 Å². The third-order valence-corrected chi connectivity index (χ3v) is 3.86. The van der Waals surface area contributed by atoms with Crippen molar-refractivity contribution in [2.45, 2.75) is 24.5 Å². The molecule has 0 saturated carbocycles. The van der Waals surface area contributed by atoms with Crippen LogP contribution in [0.4, 0.5) is 5.82 Å². The van der Waals surface area contributed by atoms with Gasteiger partial charge in [-0.2, -0.15) is 0 Å². The fourth-order valence-electron chi connectivity index (χ4n) is 1.69. The number of nitrogens with two attached hydrogens (primary N) is 1. The van der Waals surface area contributed by atoms with E-state index in [0.717, 1.165) is 11.3 Å². The van der Waals surface area contributed by atoms with Crippen molar-refractivity contribution in [2.24, 2.45) is 0 Å². The predicted molar refractivity (Wildman–Crippen MR) is 74.1 cm³/mol. The monoisotopic (exact) mass is 244 g/mol. The van der Waals surface area contributed by atoms with Gasteiger partial charge >= 0.3 is 0 Å². The maximum Gasteiger partial charge on any atom is 0.127 e. The van der Waals surface area contributed by atoms with Crippen LogP contribution < -0.4 is 5.73 Å². The molecule has 3 heteroatoms. The third-order valence-electron chi connectivity index (χ3n) is 2.64. The van der Waals surface area contributed by atoms with E-state index >= 15 is 0 Å². The molecule has 0 saturated heterocycles. The average Bonchev–Trinajstić information content (AvgIpc) is 2.30. The number of hydrogen-bond donors (Lipinski definition) is 1. The Bertz CT molecular complexity index is 523. The lowest BCUT2D eigenvalue weighted by Crippen LogP contribution is -1.95. The summed E-state index contributed by atoms with van der Waals surface area (Å²) in [6.45, 7) is 4.25. The lowest BCUT2D eigenvalue weighted by atomic mass is 10.2. The van der Waals surface area contributed by atoms with Crippen LogP contribution >= 0.6 is 11.8 Å². The maximum absolute atomic E-state index is 5.82. The van der Waals surface area contributed by atoms with Crippen molar-refractivity contribution in [2.75, 3.05) is 5.73 Å². The first-order chi connectivity index (χ1) is 8.16. The summed E-state index contributed by atoms with van der Waals surface area (Å²) in [6.07, 6.45) is 1.72. The van der Waals surface area contributed by atoms with Gasteiger partial charge in [0.2, 0.25) is 0 Å². The summed E-state index contributed by atoms with van der Waals surface area (Å²) >= 11 is 1.80. The standard InChI is InChI=1S/C14H16N2S/c1-10-5-6-13(11(2)8-10)17-9-12-4-3-7-16-14(12)15/h3-8H,9H2,1-2H3,(H2,15,16). The Morgan fingerprint density at radius 2 is 2.06 bits per heavy atom. The first-order valence-electron chi connectivity index (χ1n) is 5.56. The van der Waals surface area contributed by atoms with Gasteiger partial charge in [-0.05, 0) is 31.5 Å². The molecule has 0 aliphatic heterocycles. The van der Waals surface area contributed by atoms with Gasteiger partial charge in [0.15, 0.2) is 0 Å². The summed E-state index contributed by atoms with van der Waals surface area (Å²) in [4.78, 5) is 5.40. The fraction of sp³-hybridized carbons (Fsp3) is 0.214. The number of aromatic nitrogens is 1. The number of benzene rings is 1. The zero-order valence-corrected chi connectivity index (χ0v) is 10.9. The molecule has 17 heavy (non-hydrogen) atoms. The molecule has 0 spiro atoms. The SMILES string of the molecule is Cc1ccc(SCc2cccnc2N)c(C)c1. The highest BCUT2D eigenvalue weighted by atomic mass is 32.2. The number of hydrogen-bond acceptors (Lipinski definition) is 3. The molecular formula is C14H16N2S. The van der Waals surface area contributed by atoms with E-state index in [-0.39, 0.29) is 0 Å². The minimum atomic E-state index is 0.629. The molecule has 2 N–H and O–H groups in total. The minimum Gasteiger partial charge on any atom is -0.383 e. The van der Waals surface area contributed by atoms with Crippen molar-refractivity contribution in [3.05, 3.63) is 53.2 Å². The van der Waals surface area contributed by atoms with Crippen LogP contribution in [0.1, 0.15) is 16.7 Å². The van der Waals surface area contributed by atoms with Crippen LogP contribution in [0.15, 0.2) is 41.4 Å². The molecule has 0 aliphatic rings. The molecule has 1 aromatic carbocycles. The fourth-order valence-corrected chi connectivity index (χ4v) is 2.70. The molecule has 0 radical (unpaired) electrons. The number of rotatable bonds is 3. The van der Waals surface area contributed by atoms with Crippen LogP contribution in [0.5, 0.6) is 0 Å². The van der Waals surface area contributed by atoms with E-state index in [4.69, 9.17) is 5.73 Å². The van der Waals surface area contributed by atoms with Gasteiger partial charge in [0.05, 0.1) is 0 Å². The van der Waals surface area contributed by atoms with Crippen molar-refractivity contribution in [3.63, 3.8) is 0 Å². The van der Waals surface area contributed by atoms with Crippen LogP contribution in [0.25, 0.3) is 0 Å². The summed E-state index contributed by atoms with van der Waals surface area (Å²) in [5.74, 6) is 1.49. The summed E-state index contributed by atoms with van der Waals surface area (Å²) in [7, 11) is 0. The molecule has 1 heterocycles. The molecule has 0 bridgehead atoms. The number of nitrogen functional groups attached to an aromatic ring is 1. The van der Waals surface area contributed by atoms with Gasteiger partial charge in [-0.3, -0.25) is 0 Å². The van der Waals surface area contributed by atoms with E-state index < -0.39 is 0 Å². The molecule has 0 unspecified atom stereocenters. The molecule has 1 aromatic heterocycles. The summed E-state index contributed by atoms with van der Waals surface area (Å²) in [5.41, 5.74) is 9.53. The molecule has 88 valence electrons. The van der Waals surface area contributed by atoms with Crippen LogP contribution in [0, 0.1) is 13.8 Å². The largest absolute Gasteiger partial charge is 0.383 e. The molecule has 2 rings (SSSR count). The number of nitrogens with zero attached hydrogens (tertiary/aromatic N) is 1. The molecule has 0 aliphatic carbocycles. The predicted octanol–water partition coefficient (Wildman–Crippen LogP) is 3.57.